The fraction of sp³-hybridized carbons (Fsp3) is 0.0909. The van der Waals surface area contributed by atoms with Crippen molar-refractivity contribution in [1.29, 1.82) is 0 Å². The predicted molar refractivity (Wildman–Crippen MR) is 109 cm³/mol. The molecule has 28 heavy (non-hydrogen) atoms. The molecule has 0 aliphatic carbocycles. The van der Waals surface area contributed by atoms with Gasteiger partial charge in [-0.3, -0.25) is 9.78 Å². The highest BCUT2D eigenvalue weighted by Crippen LogP contribution is 2.18. The number of hydrogen-bond donors (Lipinski definition) is 2. The van der Waals surface area contributed by atoms with Crippen LogP contribution in [-0.4, -0.2) is 20.9 Å². The normalized spacial score (nSPS) is 10.6. The summed E-state index contributed by atoms with van der Waals surface area (Å²) in [5.74, 6) is 0.382. The van der Waals surface area contributed by atoms with Crippen LogP contribution in [0, 0.1) is 6.92 Å². The third kappa shape index (κ3) is 4.12. The second-order valence-corrected chi connectivity index (χ2v) is 6.51. The van der Waals surface area contributed by atoms with Crippen LogP contribution in [0.4, 0.5) is 11.6 Å². The van der Waals surface area contributed by atoms with Gasteiger partial charge in [0, 0.05) is 36.2 Å². The third-order valence-electron chi connectivity index (χ3n) is 4.30. The van der Waals surface area contributed by atoms with Gasteiger partial charge in [-0.25, -0.2) is 9.97 Å². The van der Waals surface area contributed by atoms with E-state index in [1.54, 1.807) is 24.5 Å². The van der Waals surface area contributed by atoms with E-state index in [1.165, 1.54) is 5.56 Å². The number of aromatic nitrogens is 3. The summed E-state index contributed by atoms with van der Waals surface area (Å²) in [6.45, 7) is 2.46. The zero-order valence-corrected chi connectivity index (χ0v) is 15.4. The quantitative estimate of drug-likeness (QED) is 0.556. The van der Waals surface area contributed by atoms with Gasteiger partial charge in [-0.2, -0.15) is 0 Å². The molecule has 4 aromatic rings. The van der Waals surface area contributed by atoms with Crippen LogP contribution in [-0.2, 0) is 6.54 Å². The highest BCUT2D eigenvalue weighted by Gasteiger charge is 2.06. The van der Waals surface area contributed by atoms with Gasteiger partial charge in [0.2, 0.25) is 5.95 Å². The van der Waals surface area contributed by atoms with Crippen LogP contribution < -0.4 is 10.6 Å². The topological polar surface area (TPSA) is 79.8 Å². The number of anilines is 2. The molecule has 2 aromatic heterocycles. The Bertz CT molecular complexity index is 1130. The van der Waals surface area contributed by atoms with Crippen molar-refractivity contribution in [2.75, 3.05) is 5.32 Å². The molecule has 0 aliphatic heterocycles. The van der Waals surface area contributed by atoms with Gasteiger partial charge < -0.3 is 10.6 Å². The van der Waals surface area contributed by atoms with E-state index in [2.05, 4.69) is 31.7 Å². The van der Waals surface area contributed by atoms with E-state index in [9.17, 15) is 4.79 Å². The summed E-state index contributed by atoms with van der Waals surface area (Å²) in [7, 11) is 0. The maximum atomic E-state index is 12.2. The number of carbonyl (C=O) groups is 1. The van der Waals surface area contributed by atoms with E-state index < -0.39 is 0 Å². The summed E-state index contributed by atoms with van der Waals surface area (Å²) < 4.78 is 0. The van der Waals surface area contributed by atoms with Crippen molar-refractivity contribution in [3.05, 3.63) is 89.9 Å². The zero-order chi connectivity index (χ0) is 19.3. The lowest BCUT2D eigenvalue weighted by Gasteiger charge is -2.09. The SMILES string of the molecule is Cc1ccc2nc(Nc3cccc(CNC(=O)c4cccnc4)c3)ncc2c1. The Morgan fingerprint density at radius 3 is 2.82 bits per heavy atom. The Balaban J connectivity index is 1.45. The molecule has 0 saturated heterocycles. The van der Waals surface area contributed by atoms with Gasteiger partial charge >= 0.3 is 0 Å². The van der Waals surface area contributed by atoms with Crippen LogP contribution in [0.25, 0.3) is 10.9 Å². The number of amides is 1. The zero-order valence-electron chi connectivity index (χ0n) is 15.4. The van der Waals surface area contributed by atoms with Crippen LogP contribution in [0.1, 0.15) is 21.5 Å². The number of carbonyl (C=O) groups excluding carboxylic acids is 1. The molecule has 2 N–H and O–H groups in total. The van der Waals surface area contributed by atoms with E-state index in [4.69, 9.17) is 0 Å². The van der Waals surface area contributed by atoms with E-state index in [0.717, 1.165) is 22.2 Å². The van der Waals surface area contributed by atoms with E-state index >= 15 is 0 Å². The number of nitrogens with zero attached hydrogens (tertiary/aromatic N) is 3. The van der Waals surface area contributed by atoms with Crippen molar-refractivity contribution in [3.8, 4) is 0 Å². The minimum Gasteiger partial charge on any atom is -0.348 e. The first-order valence-corrected chi connectivity index (χ1v) is 8.95. The van der Waals surface area contributed by atoms with Gasteiger partial charge in [-0.1, -0.05) is 23.8 Å². The average molecular weight is 369 g/mol. The van der Waals surface area contributed by atoms with E-state index in [-0.39, 0.29) is 5.91 Å². The van der Waals surface area contributed by atoms with Crippen molar-refractivity contribution in [3.63, 3.8) is 0 Å². The summed E-state index contributed by atoms with van der Waals surface area (Å²) in [4.78, 5) is 25.1. The highest BCUT2D eigenvalue weighted by atomic mass is 16.1. The van der Waals surface area contributed by atoms with Crippen LogP contribution in [0.3, 0.4) is 0 Å². The number of benzene rings is 2. The van der Waals surface area contributed by atoms with Crippen LogP contribution in [0.2, 0.25) is 0 Å². The van der Waals surface area contributed by atoms with E-state index in [1.807, 2.05) is 49.5 Å². The minimum absolute atomic E-state index is 0.153. The molecule has 6 heteroatoms. The summed E-state index contributed by atoms with van der Waals surface area (Å²) in [5.41, 5.74) is 4.44. The number of aryl methyl sites for hydroxylation is 1. The first kappa shape index (κ1) is 17.6. The summed E-state index contributed by atoms with van der Waals surface area (Å²) in [5, 5.41) is 7.13. The fourth-order valence-electron chi connectivity index (χ4n) is 2.88. The van der Waals surface area contributed by atoms with Crippen molar-refractivity contribution >= 4 is 28.4 Å². The minimum atomic E-state index is -0.153. The molecule has 0 atom stereocenters. The lowest BCUT2D eigenvalue weighted by atomic mass is 10.2. The van der Waals surface area contributed by atoms with Gasteiger partial charge in [-0.05, 0) is 48.9 Å². The largest absolute Gasteiger partial charge is 0.348 e. The molecule has 0 saturated carbocycles. The monoisotopic (exact) mass is 369 g/mol. The number of pyridine rings is 1. The van der Waals surface area contributed by atoms with Crippen molar-refractivity contribution in [2.24, 2.45) is 0 Å². The summed E-state index contributed by atoms with van der Waals surface area (Å²) >= 11 is 0. The molecule has 0 fully saturated rings. The molecule has 138 valence electrons. The molecular formula is C22H19N5O. The van der Waals surface area contributed by atoms with Crippen molar-refractivity contribution in [2.45, 2.75) is 13.5 Å². The van der Waals surface area contributed by atoms with Crippen molar-refractivity contribution in [1.82, 2.24) is 20.3 Å². The molecule has 0 radical (unpaired) electrons. The van der Waals surface area contributed by atoms with Gasteiger partial charge in [0.05, 0.1) is 11.1 Å². The summed E-state index contributed by atoms with van der Waals surface area (Å²) in [6.07, 6.45) is 5.00. The van der Waals surface area contributed by atoms with E-state index in [0.29, 0.717) is 18.1 Å². The Hall–Kier alpha value is -3.80. The second kappa shape index (κ2) is 7.84. The molecule has 2 aromatic carbocycles. The first-order chi connectivity index (χ1) is 13.7. The Kier molecular flexibility index (Phi) is 4.93. The average Bonchev–Trinajstić information content (AvgIpc) is 2.73. The number of fused-ring (bicyclic) bond motifs is 1. The highest BCUT2D eigenvalue weighted by molar-refractivity contribution is 5.93. The number of hydrogen-bond acceptors (Lipinski definition) is 5. The molecular weight excluding hydrogens is 350 g/mol. The third-order valence-corrected chi connectivity index (χ3v) is 4.30. The lowest BCUT2D eigenvalue weighted by molar-refractivity contribution is 0.0950. The second-order valence-electron chi connectivity index (χ2n) is 6.51. The summed E-state index contributed by atoms with van der Waals surface area (Å²) in [6, 6.07) is 17.3. The van der Waals surface area contributed by atoms with Gasteiger partial charge in [0.15, 0.2) is 0 Å². The Morgan fingerprint density at radius 1 is 1.04 bits per heavy atom. The van der Waals surface area contributed by atoms with Crippen LogP contribution in [0.15, 0.2) is 73.2 Å². The lowest BCUT2D eigenvalue weighted by Crippen LogP contribution is -2.22. The Morgan fingerprint density at radius 2 is 1.96 bits per heavy atom. The first-order valence-electron chi connectivity index (χ1n) is 8.95. The molecule has 0 bridgehead atoms. The van der Waals surface area contributed by atoms with Gasteiger partial charge in [-0.15, -0.1) is 0 Å². The molecule has 0 unspecified atom stereocenters. The molecule has 6 nitrogen and oxygen atoms in total. The van der Waals surface area contributed by atoms with Crippen LogP contribution in [0.5, 0.6) is 0 Å². The maximum Gasteiger partial charge on any atom is 0.253 e. The standard InChI is InChI=1S/C22H19N5O/c1-15-7-8-20-18(10-15)14-25-22(27-20)26-19-6-2-4-16(11-19)12-24-21(28)17-5-3-9-23-13-17/h2-11,13-14H,12H2,1H3,(H,24,28)(H,25,26,27). The maximum absolute atomic E-state index is 12.2. The smallest absolute Gasteiger partial charge is 0.253 e. The molecule has 0 spiro atoms. The molecule has 1 amide bonds. The number of nitrogens with one attached hydrogen (secondary N) is 2. The van der Waals surface area contributed by atoms with Crippen molar-refractivity contribution < 1.29 is 4.79 Å². The Labute approximate surface area is 162 Å². The number of rotatable bonds is 5. The van der Waals surface area contributed by atoms with Gasteiger partial charge in [0.1, 0.15) is 0 Å². The van der Waals surface area contributed by atoms with Crippen LogP contribution >= 0.6 is 0 Å². The fourth-order valence-corrected chi connectivity index (χ4v) is 2.88. The molecule has 4 rings (SSSR count). The molecule has 2 heterocycles. The molecule has 0 aliphatic rings. The predicted octanol–water partition coefficient (Wildman–Crippen LogP) is 4.01. The van der Waals surface area contributed by atoms with Gasteiger partial charge in [0.25, 0.3) is 5.91 Å².